The van der Waals surface area contributed by atoms with Crippen LogP contribution < -0.4 is 0 Å². The summed E-state index contributed by atoms with van der Waals surface area (Å²) in [5.41, 5.74) is 1.93. The van der Waals surface area contributed by atoms with E-state index in [1.807, 2.05) is 17.0 Å². The highest BCUT2D eigenvalue weighted by atomic mass is 32.1. The van der Waals surface area contributed by atoms with Gasteiger partial charge in [-0.3, -0.25) is 9.69 Å². The number of ether oxygens (including phenoxy) is 1. The van der Waals surface area contributed by atoms with E-state index >= 15 is 0 Å². The molecule has 0 N–H and O–H groups in total. The molecule has 27 heavy (non-hydrogen) atoms. The van der Waals surface area contributed by atoms with Gasteiger partial charge in [-0.05, 0) is 29.6 Å². The average molecular weight is 385 g/mol. The van der Waals surface area contributed by atoms with Gasteiger partial charge in [0.2, 0.25) is 5.91 Å². The number of carbonyl (C=O) groups is 1. The predicted octanol–water partition coefficient (Wildman–Crippen LogP) is 2.56. The summed E-state index contributed by atoms with van der Waals surface area (Å²) in [6, 6.07) is 10.2. The third kappa shape index (κ3) is 3.90. The summed E-state index contributed by atoms with van der Waals surface area (Å²) in [6.07, 6.45) is 1.79. The van der Waals surface area contributed by atoms with Gasteiger partial charge >= 0.3 is 0 Å². The van der Waals surface area contributed by atoms with Crippen molar-refractivity contribution in [3.8, 4) is 10.6 Å². The van der Waals surface area contributed by atoms with Gasteiger partial charge in [-0.2, -0.15) is 0 Å². The van der Waals surface area contributed by atoms with Crippen LogP contribution in [-0.2, 0) is 16.1 Å². The number of rotatable bonds is 6. The Morgan fingerprint density at radius 2 is 2.07 bits per heavy atom. The Labute approximate surface area is 163 Å². The second kappa shape index (κ2) is 8.21. The summed E-state index contributed by atoms with van der Waals surface area (Å²) in [4.78, 5) is 23.0. The number of hydrogen-bond acceptors (Lipinski definition) is 5. The Balaban J connectivity index is 1.52. The smallest absolute Gasteiger partial charge is 0.242 e. The fraction of sp³-hybridized carbons (Fsp3) is 0.400. The van der Waals surface area contributed by atoms with Gasteiger partial charge in [-0.25, -0.2) is 4.98 Å². The van der Waals surface area contributed by atoms with Gasteiger partial charge in [-0.1, -0.05) is 6.07 Å². The SMILES string of the molecule is COCCN1CCN(C(=O)Cn2c(-c3cccs3)cc3cccnc32)CC1. The average Bonchev–Trinajstić information content (AvgIpc) is 3.35. The van der Waals surface area contributed by atoms with E-state index in [9.17, 15) is 4.79 Å². The Kier molecular flexibility index (Phi) is 5.52. The van der Waals surface area contributed by atoms with Gasteiger partial charge in [0.25, 0.3) is 0 Å². The second-order valence-corrected chi connectivity index (χ2v) is 7.67. The number of carbonyl (C=O) groups excluding carboxylic acids is 1. The molecule has 1 amide bonds. The molecule has 1 saturated heterocycles. The number of amides is 1. The molecule has 0 atom stereocenters. The maximum Gasteiger partial charge on any atom is 0.242 e. The van der Waals surface area contributed by atoms with Crippen molar-refractivity contribution in [2.75, 3.05) is 46.4 Å². The largest absolute Gasteiger partial charge is 0.383 e. The van der Waals surface area contributed by atoms with Crippen LogP contribution in [0.15, 0.2) is 41.9 Å². The molecule has 0 spiro atoms. The summed E-state index contributed by atoms with van der Waals surface area (Å²) < 4.78 is 7.20. The number of piperazine rings is 1. The Morgan fingerprint density at radius 1 is 1.22 bits per heavy atom. The van der Waals surface area contributed by atoms with Crippen molar-refractivity contribution in [2.45, 2.75) is 6.54 Å². The molecule has 3 aromatic heterocycles. The molecule has 142 valence electrons. The van der Waals surface area contributed by atoms with Crippen molar-refractivity contribution < 1.29 is 9.53 Å². The van der Waals surface area contributed by atoms with Gasteiger partial charge < -0.3 is 14.2 Å². The lowest BCUT2D eigenvalue weighted by atomic mass is 10.3. The van der Waals surface area contributed by atoms with Gasteiger partial charge in [0, 0.05) is 51.4 Å². The maximum atomic E-state index is 13.0. The topological polar surface area (TPSA) is 50.6 Å². The third-order valence-electron chi connectivity index (χ3n) is 5.06. The van der Waals surface area contributed by atoms with Gasteiger partial charge in [0.15, 0.2) is 0 Å². The van der Waals surface area contributed by atoms with E-state index in [1.54, 1.807) is 24.6 Å². The van der Waals surface area contributed by atoms with Gasteiger partial charge in [0.1, 0.15) is 12.2 Å². The normalized spacial score (nSPS) is 15.5. The predicted molar refractivity (Wildman–Crippen MR) is 108 cm³/mol. The molecule has 4 rings (SSSR count). The fourth-order valence-electron chi connectivity index (χ4n) is 3.55. The molecule has 6 nitrogen and oxygen atoms in total. The first-order chi connectivity index (χ1) is 13.3. The molecule has 3 aromatic rings. The molecular formula is C20H24N4O2S. The zero-order valence-corrected chi connectivity index (χ0v) is 16.3. The molecule has 0 unspecified atom stereocenters. The molecule has 0 radical (unpaired) electrons. The monoisotopic (exact) mass is 384 g/mol. The lowest BCUT2D eigenvalue weighted by Crippen LogP contribution is -2.50. The van der Waals surface area contributed by atoms with Crippen LogP contribution in [0, 0.1) is 0 Å². The van der Waals surface area contributed by atoms with E-state index in [0.29, 0.717) is 6.54 Å². The first-order valence-electron chi connectivity index (χ1n) is 9.23. The summed E-state index contributed by atoms with van der Waals surface area (Å²) in [5, 5.41) is 3.13. The lowest BCUT2D eigenvalue weighted by Gasteiger charge is -2.34. The van der Waals surface area contributed by atoms with Crippen LogP contribution >= 0.6 is 11.3 Å². The quantitative estimate of drug-likeness (QED) is 0.655. The zero-order chi connectivity index (χ0) is 18.6. The fourth-order valence-corrected chi connectivity index (χ4v) is 4.30. The number of hydrogen-bond donors (Lipinski definition) is 0. The van der Waals surface area contributed by atoms with Crippen molar-refractivity contribution in [1.29, 1.82) is 0 Å². The highest BCUT2D eigenvalue weighted by Crippen LogP contribution is 2.30. The minimum atomic E-state index is 0.155. The first-order valence-corrected chi connectivity index (χ1v) is 10.1. The standard InChI is InChI=1S/C20H24N4O2S/c1-26-12-11-22-7-9-23(10-8-22)19(25)15-24-17(18-5-3-13-27-18)14-16-4-2-6-21-20(16)24/h2-6,13-14H,7-12,15H2,1H3. The van der Waals surface area contributed by atoms with Gasteiger partial charge in [0.05, 0.1) is 17.2 Å². The van der Waals surface area contributed by atoms with Crippen molar-refractivity contribution in [3.05, 3.63) is 41.9 Å². The number of aromatic nitrogens is 2. The van der Waals surface area contributed by atoms with E-state index in [4.69, 9.17) is 4.74 Å². The minimum Gasteiger partial charge on any atom is -0.383 e. The van der Waals surface area contributed by atoms with E-state index in [1.165, 1.54) is 0 Å². The Hall–Kier alpha value is -2.22. The Morgan fingerprint density at radius 3 is 2.81 bits per heavy atom. The summed E-state index contributed by atoms with van der Waals surface area (Å²) >= 11 is 1.68. The van der Waals surface area contributed by atoms with E-state index in [-0.39, 0.29) is 5.91 Å². The molecule has 0 bridgehead atoms. The molecule has 0 aromatic carbocycles. The van der Waals surface area contributed by atoms with Crippen molar-refractivity contribution in [2.24, 2.45) is 0 Å². The van der Waals surface area contributed by atoms with Crippen molar-refractivity contribution >= 4 is 28.3 Å². The third-order valence-corrected chi connectivity index (χ3v) is 5.95. The van der Waals surface area contributed by atoms with Crippen LogP contribution in [0.2, 0.25) is 0 Å². The molecule has 1 aliphatic rings. The number of pyridine rings is 1. The van der Waals surface area contributed by atoms with Crippen LogP contribution in [0.5, 0.6) is 0 Å². The summed E-state index contributed by atoms with van der Waals surface area (Å²) in [6.45, 7) is 5.32. The van der Waals surface area contributed by atoms with E-state index < -0.39 is 0 Å². The first kappa shape index (κ1) is 18.2. The molecular weight excluding hydrogens is 360 g/mol. The van der Waals surface area contributed by atoms with Crippen LogP contribution in [0.3, 0.4) is 0 Å². The molecule has 0 saturated carbocycles. The number of nitrogens with zero attached hydrogens (tertiary/aromatic N) is 4. The summed E-state index contributed by atoms with van der Waals surface area (Å²) in [7, 11) is 1.72. The highest BCUT2D eigenvalue weighted by Gasteiger charge is 2.23. The van der Waals surface area contributed by atoms with Gasteiger partial charge in [-0.15, -0.1) is 11.3 Å². The molecule has 1 aliphatic heterocycles. The Bertz CT molecular complexity index is 898. The molecule has 7 heteroatoms. The number of methoxy groups -OCH3 is 1. The second-order valence-electron chi connectivity index (χ2n) is 6.72. The zero-order valence-electron chi connectivity index (χ0n) is 15.5. The molecule has 4 heterocycles. The number of thiophene rings is 1. The summed E-state index contributed by atoms with van der Waals surface area (Å²) in [5.74, 6) is 0.155. The minimum absolute atomic E-state index is 0.155. The number of fused-ring (bicyclic) bond motifs is 1. The molecule has 0 aliphatic carbocycles. The highest BCUT2D eigenvalue weighted by molar-refractivity contribution is 7.13. The van der Waals surface area contributed by atoms with Crippen LogP contribution in [0.25, 0.3) is 21.6 Å². The maximum absolute atomic E-state index is 13.0. The van der Waals surface area contributed by atoms with Crippen LogP contribution in [-0.4, -0.2) is 71.7 Å². The van der Waals surface area contributed by atoms with Crippen LogP contribution in [0.4, 0.5) is 0 Å². The van der Waals surface area contributed by atoms with Crippen molar-refractivity contribution in [1.82, 2.24) is 19.4 Å². The van der Waals surface area contributed by atoms with Crippen LogP contribution in [0.1, 0.15) is 0 Å². The van der Waals surface area contributed by atoms with E-state index in [0.717, 1.165) is 60.9 Å². The lowest BCUT2D eigenvalue weighted by molar-refractivity contribution is -0.133. The van der Waals surface area contributed by atoms with Crippen molar-refractivity contribution in [3.63, 3.8) is 0 Å². The molecule has 1 fully saturated rings. The van der Waals surface area contributed by atoms with E-state index in [2.05, 4.69) is 38.0 Å².